The highest BCUT2D eigenvalue weighted by Crippen LogP contribution is 2.36. The van der Waals surface area contributed by atoms with Crippen molar-refractivity contribution in [2.75, 3.05) is 23.3 Å². The van der Waals surface area contributed by atoms with Crippen LogP contribution in [-0.4, -0.2) is 29.0 Å². The second kappa shape index (κ2) is 7.23. The molecule has 1 saturated heterocycles. The summed E-state index contributed by atoms with van der Waals surface area (Å²) in [6.07, 6.45) is 3.53. The fraction of sp³-hybridized carbons (Fsp3) is 0.350. The van der Waals surface area contributed by atoms with E-state index >= 15 is 0 Å². The van der Waals surface area contributed by atoms with Gasteiger partial charge in [-0.3, -0.25) is 4.79 Å². The Morgan fingerprint density at radius 2 is 1.89 bits per heavy atom. The van der Waals surface area contributed by atoms with Gasteiger partial charge in [0.2, 0.25) is 0 Å². The quantitative estimate of drug-likeness (QED) is 0.712. The monoisotopic (exact) mass is 384 g/mol. The number of rotatable bonds is 3. The van der Waals surface area contributed by atoms with E-state index in [4.69, 9.17) is 0 Å². The van der Waals surface area contributed by atoms with Crippen LogP contribution in [0.15, 0.2) is 24.3 Å². The number of hydrogen-bond acceptors (Lipinski definition) is 5. The van der Waals surface area contributed by atoms with Crippen molar-refractivity contribution >= 4 is 39.0 Å². The highest BCUT2D eigenvalue weighted by Gasteiger charge is 2.24. The van der Waals surface area contributed by atoms with E-state index in [0.29, 0.717) is 10.7 Å². The van der Waals surface area contributed by atoms with Gasteiger partial charge in [-0.25, -0.2) is 14.4 Å². The van der Waals surface area contributed by atoms with Crippen molar-refractivity contribution in [2.45, 2.75) is 33.1 Å². The van der Waals surface area contributed by atoms with Crippen LogP contribution in [0, 0.1) is 19.7 Å². The van der Waals surface area contributed by atoms with E-state index in [-0.39, 0.29) is 11.6 Å². The summed E-state index contributed by atoms with van der Waals surface area (Å²) in [6, 6.07) is 6.17. The molecule has 1 fully saturated rings. The van der Waals surface area contributed by atoms with Crippen LogP contribution in [0.5, 0.6) is 0 Å². The summed E-state index contributed by atoms with van der Waals surface area (Å²) in [7, 11) is 0. The van der Waals surface area contributed by atoms with Crippen LogP contribution in [0.25, 0.3) is 10.2 Å². The number of aromatic nitrogens is 2. The molecular weight excluding hydrogens is 363 g/mol. The molecule has 1 N–H and O–H groups in total. The Balaban J connectivity index is 1.75. The number of benzene rings is 1. The minimum Gasteiger partial charge on any atom is -0.356 e. The predicted molar refractivity (Wildman–Crippen MR) is 107 cm³/mol. The Kier molecular flexibility index (Phi) is 4.78. The summed E-state index contributed by atoms with van der Waals surface area (Å²) >= 11 is 1.34. The van der Waals surface area contributed by atoms with E-state index in [1.54, 1.807) is 18.2 Å². The normalized spacial score (nSPS) is 14.6. The zero-order valence-electron chi connectivity index (χ0n) is 15.4. The van der Waals surface area contributed by atoms with Gasteiger partial charge in [0, 0.05) is 13.1 Å². The van der Waals surface area contributed by atoms with Gasteiger partial charge < -0.3 is 10.2 Å². The summed E-state index contributed by atoms with van der Waals surface area (Å²) in [5.74, 6) is 0.846. The third kappa shape index (κ3) is 3.39. The van der Waals surface area contributed by atoms with E-state index in [2.05, 4.69) is 20.2 Å². The molecule has 3 aromatic rings. The fourth-order valence-corrected chi connectivity index (χ4v) is 4.63. The molecule has 0 saturated carbocycles. The molecule has 0 unspecified atom stereocenters. The van der Waals surface area contributed by atoms with Gasteiger partial charge in [-0.15, -0.1) is 11.3 Å². The summed E-state index contributed by atoms with van der Waals surface area (Å²) in [4.78, 5) is 25.7. The topological polar surface area (TPSA) is 58.1 Å². The van der Waals surface area contributed by atoms with Crippen LogP contribution in [0.1, 0.15) is 40.3 Å². The number of amides is 1. The predicted octanol–water partition coefficient (Wildman–Crippen LogP) is 4.69. The third-order valence-corrected chi connectivity index (χ3v) is 6.05. The zero-order chi connectivity index (χ0) is 19.0. The van der Waals surface area contributed by atoms with Crippen molar-refractivity contribution in [3.05, 3.63) is 46.3 Å². The first-order chi connectivity index (χ1) is 13.0. The number of fused-ring (bicyclic) bond motifs is 1. The highest BCUT2D eigenvalue weighted by atomic mass is 32.1. The lowest BCUT2D eigenvalue weighted by Crippen LogP contribution is -2.30. The van der Waals surface area contributed by atoms with Crippen LogP contribution in [-0.2, 0) is 0 Å². The lowest BCUT2D eigenvalue weighted by Gasteiger charge is -2.28. The van der Waals surface area contributed by atoms with E-state index < -0.39 is 5.82 Å². The molecule has 7 heteroatoms. The summed E-state index contributed by atoms with van der Waals surface area (Å²) in [5.41, 5.74) is 1.03. The minimum absolute atomic E-state index is 0.179. The first-order valence-corrected chi connectivity index (χ1v) is 9.95. The standard InChI is InChI=1S/C20H21FN4OS/c1-12-16-18(25-10-6-3-7-11-25)22-13(2)23-20(16)27-17(12)19(26)24-15-9-5-4-8-14(15)21/h4-5,8-9H,3,6-7,10-11H2,1-2H3,(H,24,26). The lowest BCUT2D eigenvalue weighted by atomic mass is 10.1. The van der Waals surface area contributed by atoms with Crippen LogP contribution < -0.4 is 10.2 Å². The van der Waals surface area contributed by atoms with E-state index in [1.807, 2.05) is 13.8 Å². The average molecular weight is 384 g/mol. The van der Waals surface area contributed by atoms with Gasteiger partial charge in [0.15, 0.2) is 0 Å². The maximum atomic E-state index is 13.9. The van der Waals surface area contributed by atoms with Crippen LogP contribution in [0.4, 0.5) is 15.9 Å². The van der Waals surface area contributed by atoms with E-state index in [0.717, 1.165) is 47.5 Å². The number of para-hydroxylation sites is 1. The van der Waals surface area contributed by atoms with Gasteiger partial charge in [-0.1, -0.05) is 12.1 Å². The maximum absolute atomic E-state index is 13.9. The Morgan fingerprint density at radius 3 is 2.63 bits per heavy atom. The number of nitrogens with one attached hydrogen (secondary N) is 1. The number of piperidine rings is 1. The molecule has 2 aromatic heterocycles. The SMILES string of the molecule is Cc1nc(N2CCCCC2)c2c(C)c(C(=O)Nc3ccccc3F)sc2n1. The number of carbonyl (C=O) groups is 1. The van der Waals surface area contributed by atoms with Gasteiger partial charge in [0.05, 0.1) is 16.0 Å². The van der Waals surface area contributed by atoms with E-state index in [1.165, 1.54) is 23.8 Å². The van der Waals surface area contributed by atoms with Crippen molar-refractivity contribution in [1.82, 2.24) is 9.97 Å². The first kappa shape index (κ1) is 17.9. The van der Waals surface area contributed by atoms with Gasteiger partial charge in [-0.05, 0) is 50.8 Å². The second-order valence-corrected chi connectivity index (χ2v) is 7.81. The third-order valence-electron chi connectivity index (χ3n) is 4.87. The molecule has 0 bridgehead atoms. The number of aryl methyl sites for hydroxylation is 2. The Hall–Kier alpha value is -2.54. The minimum atomic E-state index is -0.450. The maximum Gasteiger partial charge on any atom is 0.266 e. The molecule has 0 spiro atoms. The Labute approximate surface area is 161 Å². The Bertz CT molecular complexity index is 1010. The smallest absolute Gasteiger partial charge is 0.266 e. The largest absolute Gasteiger partial charge is 0.356 e. The van der Waals surface area contributed by atoms with Gasteiger partial charge in [0.25, 0.3) is 5.91 Å². The average Bonchev–Trinajstić information content (AvgIpc) is 3.00. The number of anilines is 2. The molecule has 0 radical (unpaired) electrons. The molecule has 27 heavy (non-hydrogen) atoms. The van der Waals surface area contributed by atoms with Crippen LogP contribution >= 0.6 is 11.3 Å². The van der Waals surface area contributed by atoms with Crippen molar-refractivity contribution in [1.29, 1.82) is 0 Å². The molecule has 3 heterocycles. The lowest BCUT2D eigenvalue weighted by molar-refractivity contribution is 0.102. The molecule has 4 rings (SSSR count). The van der Waals surface area contributed by atoms with Gasteiger partial charge in [0.1, 0.15) is 22.3 Å². The molecular formula is C20H21FN4OS. The molecule has 0 aliphatic carbocycles. The van der Waals surface area contributed by atoms with E-state index in [9.17, 15) is 9.18 Å². The molecule has 1 aliphatic rings. The van der Waals surface area contributed by atoms with Gasteiger partial charge >= 0.3 is 0 Å². The zero-order valence-corrected chi connectivity index (χ0v) is 16.2. The van der Waals surface area contributed by atoms with Crippen LogP contribution in [0.2, 0.25) is 0 Å². The number of carbonyl (C=O) groups excluding carboxylic acids is 1. The summed E-state index contributed by atoms with van der Waals surface area (Å²) in [6.45, 7) is 5.73. The number of halogens is 1. The second-order valence-electron chi connectivity index (χ2n) is 6.81. The van der Waals surface area contributed by atoms with Crippen molar-refractivity contribution in [3.63, 3.8) is 0 Å². The summed E-state index contributed by atoms with van der Waals surface area (Å²) in [5, 5.41) is 3.61. The highest BCUT2D eigenvalue weighted by molar-refractivity contribution is 7.20. The number of thiophene rings is 1. The van der Waals surface area contributed by atoms with Crippen molar-refractivity contribution < 1.29 is 9.18 Å². The molecule has 140 valence electrons. The molecule has 0 atom stereocenters. The first-order valence-electron chi connectivity index (χ1n) is 9.13. The molecule has 5 nitrogen and oxygen atoms in total. The molecule has 1 aromatic carbocycles. The fourth-order valence-electron chi connectivity index (χ4n) is 3.51. The number of nitrogens with zero attached hydrogens (tertiary/aromatic N) is 3. The van der Waals surface area contributed by atoms with Crippen LogP contribution in [0.3, 0.4) is 0 Å². The van der Waals surface area contributed by atoms with Crippen molar-refractivity contribution in [3.8, 4) is 0 Å². The number of hydrogen-bond donors (Lipinski definition) is 1. The Morgan fingerprint density at radius 1 is 1.15 bits per heavy atom. The summed E-state index contributed by atoms with van der Waals surface area (Å²) < 4.78 is 13.9. The van der Waals surface area contributed by atoms with Crippen molar-refractivity contribution in [2.24, 2.45) is 0 Å². The molecule has 1 aliphatic heterocycles. The van der Waals surface area contributed by atoms with Gasteiger partial charge in [-0.2, -0.15) is 0 Å². The molecule has 1 amide bonds.